The number of carbonyl (C=O) groups is 1. The van der Waals surface area contributed by atoms with Gasteiger partial charge in [-0.05, 0) is 24.1 Å². The topological polar surface area (TPSA) is 68.9 Å². The lowest BCUT2D eigenvalue weighted by Crippen LogP contribution is -2.26. The van der Waals surface area contributed by atoms with Crippen molar-refractivity contribution in [3.8, 4) is 0 Å². The molecule has 0 radical (unpaired) electrons. The van der Waals surface area contributed by atoms with Crippen LogP contribution < -0.4 is 10.2 Å². The summed E-state index contributed by atoms with van der Waals surface area (Å²) in [6.07, 6.45) is 3.97. The molecule has 0 bridgehead atoms. The molecule has 7 heteroatoms. The number of hydrogen-bond acceptors (Lipinski definition) is 4. The SMILES string of the molecule is Cc1csc(=O)n1CCC(=O)NCc1cccc(Cn2cccn2)c1. The summed E-state index contributed by atoms with van der Waals surface area (Å²) in [5.41, 5.74) is 3.08. The highest BCUT2D eigenvalue weighted by molar-refractivity contribution is 7.07. The molecule has 0 atom stereocenters. The van der Waals surface area contributed by atoms with Gasteiger partial charge < -0.3 is 9.88 Å². The normalized spacial score (nSPS) is 10.8. The zero-order chi connectivity index (χ0) is 17.6. The van der Waals surface area contributed by atoms with Gasteiger partial charge in [-0.2, -0.15) is 5.10 Å². The second-order valence-corrected chi connectivity index (χ2v) is 6.67. The summed E-state index contributed by atoms with van der Waals surface area (Å²) in [5.74, 6) is -0.0602. The average Bonchev–Trinajstić information content (AvgIpc) is 3.22. The molecule has 1 aromatic carbocycles. The van der Waals surface area contributed by atoms with E-state index in [9.17, 15) is 9.59 Å². The predicted molar refractivity (Wildman–Crippen MR) is 97.6 cm³/mol. The van der Waals surface area contributed by atoms with Crippen LogP contribution in [0.5, 0.6) is 0 Å². The first kappa shape index (κ1) is 17.2. The van der Waals surface area contributed by atoms with Crippen LogP contribution in [-0.2, 0) is 24.4 Å². The number of benzene rings is 1. The fraction of sp³-hybridized carbons (Fsp3) is 0.278. The molecule has 1 N–H and O–H groups in total. The lowest BCUT2D eigenvalue weighted by Gasteiger charge is -2.08. The third-order valence-corrected chi connectivity index (χ3v) is 4.80. The Hall–Kier alpha value is -2.67. The highest BCUT2D eigenvalue weighted by Gasteiger charge is 2.07. The van der Waals surface area contributed by atoms with Gasteiger partial charge in [-0.3, -0.25) is 14.3 Å². The van der Waals surface area contributed by atoms with Crippen molar-refractivity contribution < 1.29 is 4.79 Å². The van der Waals surface area contributed by atoms with Crippen LogP contribution in [0.2, 0.25) is 0 Å². The van der Waals surface area contributed by atoms with Crippen LogP contribution in [0.25, 0.3) is 0 Å². The minimum Gasteiger partial charge on any atom is -0.352 e. The first-order valence-electron chi connectivity index (χ1n) is 8.09. The summed E-state index contributed by atoms with van der Waals surface area (Å²) >= 11 is 1.16. The second-order valence-electron chi connectivity index (χ2n) is 5.84. The number of amides is 1. The van der Waals surface area contributed by atoms with Gasteiger partial charge in [-0.25, -0.2) is 0 Å². The van der Waals surface area contributed by atoms with Gasteiger partial charge >= 0.3 is 4.87 Å². The molecule has 130 valence electrons. The lowest BCUT2D eigenvalue weighted by atomic mass is 10.1. The van der Waals surface area contributed by atoms with Crippen molar-refractivity contribution >= 4 is 17.2 Å². The lowest BCUT2D eigenvalue weighted by molar-refractivity contribution is -0.121. The average molecular weight is 356 g/mol. The third kappa shape index (κ3) is 4.67. The van der Waals surface area contributed by atoms with Gasteiger partial charge in [0, 0.05) is 43.0 Å². The third-order valence-electron chi connectivity index (χ3n) is 3.92. The molecule has 0 unspecified atom stereocenters. The first-order valence-corrected chi connectivity index (χ1v) is 8.96. The summed E-state index contributed by atoms with van der Waals surface area (Å²) in [6, 6.07) is 9.97. The highest BCUT2D eigenvalue weighted by atomic mass is 32.1. The Labute approximate surface area is 149 Å². The van der Waals surface area contributed by atoms with Crippen LogP contribution in [0.15, 0.2) is 52.9 Å². The zero-order valence-corrected chi connectivity index (χ0v) is 14.8. The molecule has 1 amide bonds. The number of hydrogen-bond donors (Lipinski definition) is 1. The number of aryl methyl sites for hydroxylation is 1. The molecule has 0 spiro atoms. The molecule has 6 nitrogen and oxygen atoms in total. The Kier molecular flexibility index (Phi) is 5.45. The van der Waals surface area contributed by atoms with E-state index in [1.807, 2.05) is 47.4 Å². The quantitative estimate of drug-likeness (QED) is 0.705. The number of aromatic nitrogens is 3. The van der Waals surface area contributed by atoms with Crippen molar-refractivity contribution in [1.29, 1.82) is 0 Å². The fourth-order valence-corrected chi connectivity index (χ4v) is 3.36. The van der Waals surface area contributed by atoms with Crippen molar-refractivity contribution in [2.75, 3.05) is 0 Å². The van der Waals surface area contributed by atoms with E-state index in [0.29, 0.717) is 26.1 Å². The van der Waals surface area contributed by atoms with Gasteiger partial charge in [0.05, 0.1) is 6.54 Å². The Bertz CT molecular complexity index is 896. The van der Waals surface area contributed by atoms with Crippen LogP contribution in [0.3, 0.4) is 0 Å². The Balaban J connectivity index is 1.51. The van der Waals surface area contributed by atoms with Gasteiger partial charge in [0.15, 0.2) is 0 Å². The van der Waals surface area contributed by atoms with E-state index in [4.69, 9.17) is 0 Å². The molecule has 0 saturated carbocycles. The minimum absolute atomic E-state index is 0.0170. The number of thiazole rings is 1. The van der Waals surface area contributed by atoms with Crippen molar-refractivity contribution in [3.63, 3.8) is 0 Å². The van der Waals surface area contributed by atoms with Crippen LogP contribution in [0, 0.1) is 6.92 Å². The van der Waals surface area contributed by atoms with Crippen molar-refractivity contribution in [2.45, 2.75) is 33.0 Å². The summed E-state index contributed by atoms with van der Waals surface area (Å²) in [4.78, 5) is 23.7. The van der Waals surface area contributed by atoms with E-state index in [-0.39, 0.29) is 10.8 Å². The van der Waals surface area contributed by atoms with Gasteiger partial charge in [-0.15, -0.1) is 0 Å². The number of nitrogens with zero attached hydrogens (tertiary/aromatic N) is 3. The molecule has 0 fully saturated rings. The number of rotatable bonds is 7. The zero-order valence-electron chi connectivity index (χ0n) is 14.0. The van der Waals surface area contributed by atoms with E-state index >= 15 is 0 Å². The molecule has 0 aliphatic carbocycles. The second kappa shape index (κ2) is 7.94. The molecule has 0 saturated heterocycles. The molecular formula is C18H20N4O2S. The summed E-state index contributed by atoms with van der Waals surface area (Å²) < 4.78 is 3.49. The maximum absolute atomic E-state index is 12.0. The van der Waals surface area contributed by atoms with E-state index in [1.165, 1.54) is 0 Å². The summed E-state index contributed by atoms with van der Waals surface area (Å²) in [7, 11) is 0. The summed E-state index contributed by atoms with van der Waals surface area (Å²) in [5, 5.41) is 8.92. The van der Waals surface area contributed by atoms with Crippen molar-refractivity contribution in [3.05, 3.63) is 74.6 Å². The molecule has 2 heterocycles. The van der Waals surface area contributed by atoms with Gasteiger partial charge in [0.1, 0.15) is 0 Å². The van der Waals surface area contributed by atoms with Crippen LogP contribution in [0.1, 0.15) is 23.2 Å². The smallest absolute Gasteiger partial charge is 0.307 e. The van der Waals surface area contributed by atoms with Gasteiger partial charge in [0.25, 0.3) is 0 Å². The monoisotopic (exact) mass is 356 g/mol. The maximum Gasteiger partial charge on any atom is 0.307 e. The van der Waals surface area contributed by atoms with E-state index in [1.54, 1.807) is 10.8 Å². The van der Waals surface area contributed by atoms with E-state index in [2.05, 4.69) is 16.5 Å². The standard InChI is InChI=1S/C18H20N4O2S/c1-14-13-25-18(24)22(14)9-6-17(23)19-11-15-4-2-5-16(10-15)12-21-8-3-7-20-21/h2-5,7-8,10,13H,6,9,11-12H2,1H3,(H,19,23). The van der Waals surface area contributed by atoms with Gasteiger partial charge in [0.2, 0.25) is 5.91 Å². The molecule has 2 aromatic heterocycles. The first-order chi connectivity index (χ1) is 12.1. The van der Waals surface area contributed by atoms with E-state index in [0.717, 1.165) is 28.2 Å². The fourth-order valence-electron chi connectivity index (χ4n) is 2.60. The Morgan fingerprint density at radius 3 is 2.84 bits per heavy atom. The summed E-state index contributed by atoms with van der Waals surface area (Å²) in [6.45, 7) is 3.47. The molecule has 3 aromatic rings. The molecule has 0 aliphatic heterocycles. The van der Waals surface area contributed by atoms with Crippen molar-refractivity contribution in [1.82, 2.24) is 19.7 Å². The van der Waals surface area contributed by atoms with Crippen molar-refractivity contribution in [2.24, 2.45) is 0 Å². The number of nitrogens with one attached hydrogen (secondary N) is 1. The Morgan fingerprint density at radius 2 is 2.12 bits per heavy atom. The molecule has 3 rings (SSSR count). The minimum atomic E-state index is -0.0602. The van der Waals surface area contributed by atoms with Crippen LogP contribution >= 0.6 is 11.3 Å². The maximum atomic E-state index is 12.0. The van der Waals surface area contributed by atoms with Gasteiger partial charge in [-0.1, -0.05) is 35.6 Å². The largest absolute Gasteiger partial charge is 0.352 e. The Morgan fingerprint density at radius 1 is 1.28 bits per heavy atom. The molecule has 25 heavy (non-hydrogen) atoms. The predicted octanol–water partition coefficient (Wildman–Crippen LogP) is 2.17. The van der Waals surface area contributed by atoms with Crippen LogP contribution in [-0.4, -0.2) is 20.3 Å². The number of carbonyl (C=O) groups excluding carboxylic acids is 1. The molecular weight excluding hydrogens is 336 g/mol. The van der Waals surface area contributed by atoms with E-state index < -0.39 is 0 Å². The molecule has 0 aliphatic rings. The highest BCUT2D eigenvalue weighted by Crippen LogP contribution is 2.07. The van der Waals surface area contributed by atoms with Crippen LogP contribution in [0.4, 0.5) is 0 Å².